The summed E-state index contributed by atoms with van der Waals surface area (Å²) in [5, 5.41) is 14.0. The number of nitrogens with zero attached hydrogens (tertiary/aromatic N) is 1. The van der Waals surface area contributed by atoms with E-state index in [0.717, 1.165) is 18.6 Å². The number of nitrogens with one attached hydrogen (secondary N) is 1. The lowest BCUT2D eigenvalue weighted by molar-refractivity contribution is -0.385. The molecule has 7 heteroatoms. The Morgan fingerprint density at radius 2 is 2.37 bits per heavy atom. The van der Waals surface area contributed by atoms with Gasteiger partial charge in [0, 0.05) is 23.5 Å². The minimum Gasteiger partial charge on any atom is -0.399 e. The predicted molar refractivity (Wildman–Crippen MR) is 75.3 cm³/mol. The van der Waals surface area contributed by atoms with E-state index in [1.54, 1.807) is 0 Å². The molecule has 1 fully saturated rings. The van der Waals surface area contributed by atoms with Crippen LogP contribution in [-0.4, -0.2) is 28.4 Å². The molecule has 1 aliphatic rings. The van der Waals surface area contributed by atoms with Gasteiger partial charge < -0.3 is 11.1 Å². The van der Waals surface area contributed by atoms with E-state index in [4.69, 9.17) is 5.73 Å². The standard InChI is InChI=1S/C12H15N3O3S/c13-8-3-4-11(15(17)18)10(6-8)12(16)14-7-9-2-1-5-19-9/h3-4,6,9H,1-2,5,7,13H2,(H,14,16). The van der Waals surface area contributed by atoms with Crippen LogP contribution in [0, 0.1) is 10.1 Å². The molecule has 1 aliphatic heterocycles. The molecule has 2 rings (SSSR count). The Balaban J connectivity index is 2.08. The van der Waals surface area contributed by atoms with Crippen molar-refractivity contribution in [1.82, 2.24) is 5.32 Å². The van der Waals surface area contributed by atoms with Gasteiger partial charge >= 0.3 is 0 Å². The molecule has 1 atom stereocenters. The highest BCUT2D eigenvalue weighted by Crippen LogP contribution is 2.26. The number of thioether (sulfide) groups is 1. The lowest BCUT2D eigenvalue weighted by Gasteiger charge is -2.10. The molecule has 102 valence electrons. The maximum Gasteiger partial charge on any atom is 0.282 e. The van der Waals surface area contributed by atoms with E-state index in [-0.39, 0.29) is 11.3 Å². The maximum absolute atomic E-state index is 12.0. The third-order valence-corrected chi connectivity index (χ3v) is 4.37. The molecule has 6 nitrogen and oxygen atoms in total. The van der Waals surface area contributed by atoms with E-state index in [9.17, 15) is 14.9 Å². The normalized spacial score (nSPS) is 18.2. The van der Waals surface area contributed by atoms with Gasteiger partial charge in [0.15, 0.2) is 0 Å². The monoisotopic (exact) mass is 281 g/mol. The van der Waals surface area contributed by atoms with Crippen molar-refractivity contribution in [3.63, 3.8) is 0 Å². The summed E-state index contributed by atoms with van der Waals surface area (Å²) < 4.78 is 0. The first-order valence-electron chi connectivity index (χ1n) is 6.01. The van der Waals surface area contributed by atoms with Crippen molar-refractivity contribution in [2.45, 2.75) is 18.1 Å². The van der Waals surface area contributed by atoms with E-state index in [1.165, 1.54) is 18.2 Å². The zero-order valence-electron chi connectivity index (χ0n) is 10.3. The summed E-state index contributed by atoms with van der Waals surface area (Å²) in [6.45, 7) is 0.537. The van der Waals surface area contributed by atoms with Gasteiger partial charge in [-0.05, 0) is 30.7 Å². The van der Waals surface area contributed by atoms with Crippen LogP contribution in [0.25, 0.3) is 0 Å². The molecule has 1 aromatic carbocycles. The molecular weight excluding hydrogens is 266 g/mol. The van der Waals surface area contributed by atoms with Crippen molar-refractivity contribution in [2.24, 2.45) is 0 Å². The second kappa shape index (κ2) is 5.92. The fourth-order valence-corrected chi connectivity index (χ4v) is 3.20. The van der Waals surface area contributed by atoms with Crippen LogP contribution >= 0.6 is 11.8 Å². The first kappa shape index (κ1) is 13.7. The Labute approximate surface area is 114 Å². The molecule has 1 aromatic rings. The van der Waals surface area contributed by atoms with Crippen molar-refractivity contribution >= 4 is 29.0 Å². The second-order valence-corrected chi connectivity index (χ2v) is 5.79. The summed E-state index contributed by atoms with van der Waals surface area (Å²) in [4.78, 5) is 22.3. The zero-order valence-corrected chi connectivity index (χ0v) is 11.1. The third kappa shape index (κ3) is 3.37. The number of nitrogens with two attached hydrogens (primary N) is 1. The SMILES string of the molecule is Nc1ccc([N+](=O)[O-])c(C(=O)NCC2CCCS2)c1. The molecule has 1 amide bonds. The molecule has 1 unspecified atom stereocenters. The van der Waals surface area contributed by atoms with Crippen molar-refractivity contribution in [3.8, 4) is 0 Å². The number of nitro groups is 1. The topological polar surface area (TPSA) is 98.3 Å². The van der Waals surface area contributed by atoms with Crippen LogP contribution < -0.4 is 11.1 Å². The summed E-state index contributed by atoms with van der Waals surface area (Å²) in [6, 6.07) is 4.02. The minimum absolute atomic E-state index is 0.0213. The Morgan fingerprint density at radius 3 is 3.00 bits per heavy atom. The van der Waals surface area contributed by atoms with Gasteiger partial charge in [-0.1, -0.05) is 0 Å². The molecule has 0 radical (unpaired) electrons. The molecular formula is C12H15N3O3S. The summed E-state index contributed by atoms with van der Waals surface area (Å²) >= 11 is 1.82. The van der Waals surface area contributed by atoms with E-state index in [2.05, 4.69) is 5.32 Å². The molecule has 19 heavy (non-hydrogen) atoms. The van der Waals surface area contributed by atoms with Gasteiger partial charge in [0.05, 0.1) is 4.92 Å². The Morgan fingerprint density at radius 1 is 1.58 bits per heavy atom. The van der Waals surface area contributed by atoms with Gasteiger partial charge in [0.25, 0.3) is 11.6 Å². The Kier molecular flexibility index (Phi) is 4.26. The van der Waals surface area contributed by atoms with Crippen LogP contribution in [-0.2, 0) is 0 Å². The van der Waals surface area contributed by atoms with Gasteiger partial charge in [0.1, 0.15) is 5.56 Å². The van der Waals surface area contributed by atoms with Crippen LogP contribution in [0.4, 0.5) is 11.4 Å². The summed E-state index contributed by atoms with van der Waals surface area (Å²) in [7, 11) is 0. The molecule has 1 heterocycles. The summed E-state index contributed by atoms with van der Waals surface area (Å²) in [6.07, 6.45) is 2.23. The van der Waals surface area contributed by atoms with Gasteiger partial charge in [-0.2, -0.15) is 11.8 Å². The molecule has 1 saturated heterocycles. The fraction of sp³-hybridized carbons (Fsp3) is 0.417. The molecule has 0 spiro atoms. The number of benzene rings is 1. The van der Waals surface area contributed by atoms with Crippen molar-refractivity contribution in [1.29, 1.82) is 0 Å². The number of anilines is 1. The Bertz CT molecular complexity index is 501. The fourth-order valence-electron chi connectivity index (χ4n) is 2.00. The number of hydrogen-bond acceptors (Lipinski definition) is 5. The number of hydrogen-bond donors (Lipinski definition) is 2. The van der Waals surface area contributed by atoms with Gasteiger partial charge in [-0.25, -0.2) is 0 Å². The number of nitrogen functional groups attached to an aromatic ring is 1. The summed E-state index contributed by atoms with van der Waals surface area (Å²) in [5.41, 5.74) is 5.72. The van der Waals surface area contributed by atoms with Gasteiger partial charge in [-0.15, -0.1) is 0 Å². The smallest absolute Gasteiger partial charge is 0.282 e. The number of rotatable bonds is 4. The highest BCUT2D eigenvalue weighted by molar-refractivity contribution is 8.00. The van der Waals surface area contributed by atoms with Crippen molar-refractivity contribution in [2.75, 3.05) is 18.0 Å². The predicted octanol–water partition coefficient (Wildman–Crippen LogP) is 1.80. The van der Waals surface area contributed by atoms with E-state index >= 15 is 0 Å². The first-order valence-corrected chi connectivity index (χ1v) is 7.06. The third-order valence-electron chi connectivity index (χ3n) is 2.98. The van der Waals surface area contributed by atoms with E-state index in [1.807, 2.05) is 11.8 Å². The number of amides is 1. The molecule has 0 aliphatic carbocycles. The van der Waals surface area contributed by atoms with Crippen molar-refractivity contribution < 1.29 is 9.72 Å². The number of carbonyl (C=O) groups is 1. The highest BCUT2D eigenvalue weighted by atomic mass is 32.2. The number of nitro benzene ring substituents is 1. The Hall–Kier alpha value is -1.76. The summed E-state index contributed by atoms with van der Waals surface area (Å²) in [5.74, 6) is 0.672. The van der Waals surface area contributed by atoms with Crippen LogP contribution in [0.1, 0.15) is 23.2 Å². The lowest BCUT2D eigenvalue weighted by atomic mass is 10.1. The first-order chi connectivity index (χ1) is 9.08. The van der Waals surface area contributed by atoms with Crippen LogP contribution in [0.15, 0.2) is 18.2 Å². The van der Waals surface area contributed by atoms with Crippen LogP contribution in [0.3, 0.4) is 0 Å². The second-order valence-electron chi connectivity index (χ2n) is 4.38. The van der Waals surface area contributed by atoms with Crippen LogP contribution in [0.2, 0.25) is 0 Å². The van der Waals surface area contributed by atoms with E-state index in [0.29, 0.717) is 17.5 Å². The minimum atomic E-state index is -0.571. The molecule has 3 N–H and O–H groups in total. The molecule has 0 bridgehead atoms. The molecule has 0 saturated carbocycles. The zero-order chi connectivity index (χ0) is 13.8. The maximum atomic E-state index is 12.0. The average Bonchev–Trinajstić information content (AvgIpc) is 2.88. The largest absolute Gasteiger partial charge is 0.399 e. The lowest BCUT2D eigenvalue weighted by Crippen LogP contribution is -2.30. The average molecular weight is 281 g/mol. The van der Waals surface area contributed by atoms with Gasteiger partial charge in [0.2, 0.25) is 0 Å². The number of carbonyl (C=O) groups excluding carboxylic acids is 1. The highest BCUT2D eigenvalue weighted by Gasteiger charge is 2.22. The van der Waals surface area contributed by atoms with E-state index < -0.39 is 10.8 Å². The molecule has 0 aromatic heterocycles. The van der Waals surface area contributed by atoms with Crippen LogP contribution in [0.5, 0.6) is 0 Å². The quantitative estimate of drug-likeness (QED) is 0.498. The van der Waals surface area contributed by atoms with Crippen molar-refractivity contribution in [3.05, 3.63) is 33.9 Å². The van der Waals surface area contributed by atoms with Gasteiger partial charge in [-0.3, -0.25) is 14.9 Å².